The van der Waals surface area contributed by atoms with Crippen molar-refractivity contribution in [3.05, 3.63) is 63.4 Å². The summed E-state index contributed by atoms with van der Waals surface area (Å²) in [7, 11) is 0. The van der Waals surface area contributed by atoms with Crippen molar-refractivity contribution < 1.29 is 4.79 Å². The van der Waals surface area contributed by atoms with Gasteiger partial charge in [-0.25, -0.2) is 0 Å². The van der Waals surface area contributed by atoms with Crippen molar-refractivity contribution in [3.63, 3.8) is 0 Å². The van der Waals surface area contributed by atoms with Crippen molar-refractivity contribution in [3.8, 4) is 0 Å². The van der Waals surface area contributed by atoms with E-state index in [1.165, 1.54) is 0 Å². The number of carbonyl (C=O) groups excluding carboxylic acids is 1. The molecule has 0 fully saturated rings. The SMILES string of the molecule is CCn1c(=NC(=O)Cc2ccccc2)sc2cccc(Br)c21. The molecule has 5 heteroatoms. The Kier molecular flexibility index (Phi) is 4.55. The molecule has 0 aliphatic heterocycles. The Bertz CT molecular complexity index is 881. The van der Waals surface area contributed by atoms with Crippen LogP contribution in [0.4, 0.5) is 0 Å². The largest absolute Gasteiger partial charge is 0.316 e. The summed E-state index contributed by atoms with van der Waals surface area (Å²) in [5.41, 5.74) is 2.09. The van der Waals surface area contributed by atoms with E-state index in [0.717, 1.165) is 31.6 Å². The molecule has 0 saturated carbocycles. The van der Waals surface area contributed by atoms with Gasteiger partial charge in [-0.15, -0.1) is 0 Å². The summed E-state index contributed by atoms with van der Waals surface area (Å²) >= 11 is 5.13. The molecule has 1 heterocycles. The number of carbonyl (C=O) groups is 1. The number of rotatable bonds is 3. The van der Waals surface area contributed by atoms with Crippen molar-refractivity contribution in [2.75, 3.05) is 0 Å². The Morgan fingerprint density at radius 2 is 1.95 bits per heavy atom. The van der Waals surface area contributed by atoms with Crippen molar-refractivity contribution in [2.24, 2.45) is 4.99 Å². The van der Waals surface area contributed by atoms with Gasteiger partial charge in [-0.1, -0.05) is 47.7 Å². The highest BCUT2D eigenvalue weighted by atomic mass is 79.9. The van der Waals surface area contributed by atoms with Crippen LogP contribution in [-0.4, -0.2) is 10.5 Å². The van der Waals surface area contributed by atoms with Gasteiger partial charge in [-0.2, -0.15) is 4.99 Å². The molecule has 2 aromatic carbocycles. The second kappa shape index (κ2) is 6.58. The van der Waals surface area contributed by atoms with E-state index >= 15 is 0 Å². The lowest BCUT2D eigenvalue weighted by Crippen LogP contribution is -2.16. The number of para-hydroxylation sites is 1. The fourth-order valence-electron chi connectivity index (χ4n) is 2.38. The minimum Gasteiger partial charge on any atom is -0.316 e. The molecule has 1 aromatic heterocycles. The first-order chi connectivity index (χ1) is 10.7. The molecule has 0 atom stereocenters. The molecule has 3 rings (SSSR count). The number of fused-ring (bicyclic) bond motifs is 1. The van der Waals surface area contributed by atoms with Crippen LogP contribution in [0.2, 0.25) is 0 Å². The van der Waals surface area contributed by atoms with Gasteiger partial charge in [0.25, 0.3) is 5.91 Å². The Morgan fingerprint density at radius 3 is 2.68 bits per heavy atom. The number of nitrogens with zero attached hydrogens (tertiary/aromatic N) is 2. The number of hydrogen-bond acceptors (Lipinski definition) is 2. The molecular weight excluding hydrogens is 360 g/mol. The predicted octanol–water partition coefficient (Wildman–Crippen LogP) is 4.16. The molecule has 112 valence electrons. The van der Waals surface area contributed by atoms with Crippen molar-refractivity contribution >= 4 is 43.4 Å². The number of hydrogen-bond donors (Lipinski definition) is 0. The van der Waals surface area contributed by atoms with Gasteiger partial charge in [0.15, 0.2) is 4.80 Å². The minimum atomic E-state index is -0.115. The fraction of sp³-hybridized carbons (Fsp3) is 0.176. The number of benzene rings is 2. The summed E-state index contributed by atoms with van der Waals surface area (Å²) in [6, 6.07) is 15.8. The molecule has 0 aliphatic rings. The summed E-state index contributed by atoms with van der Waals surface area (Å²) in [6.45, 7) is 2.84. The topological polar surface area (TPSA) is 34.4 Å². The first kappa shape index (κ1) is 15.2. The monoisotopic (exact) mass is 374 g/mol. The zero-order valence-corrected chi connectivity index (χ0v) is 14.5. The molecule has 3 nitrogen and oxygen atoms in total. The molecular formula is C17H15BrN2OS. The Morgan fingerprint density at radius 1 is 1.18 bits per heavy atom. The molecule has 0 radical (unpaired) electrons. The highest BCUT2D eigenvalue weighted by Gasteiger charge is 2.09. The number of thiazole rings is 1. The predicted molar refractivity (Wildman–Crippen MR) is 93.9 cm³/mol. The summed E-state index contributed by atoms with van der Waals surface area (Å²) in [5.74, 6) is -0.115. The minimum absolute atomic E-state index is 0.115. The molecule has 0 bridgehead atoms. The van der Waals surface area contributed by atoms with Gasteiger partial charge in [0.1, 0.15) is 0 Å². The molecule has 1 amide bonds. The Balaban J connectivity index is 2.02. The van der Waals surface area contributed by atoms with E-state index in [1.54, 1.807) is 11.3 Å². The number of aryl methyl sites for hydroxylation is 1. The summed E-state index contributed by atoms with van der Waals surface area (Å²) in [6.07, 6.45) is 0.333. The van der Waals surface area contributed by atoms with Gasteiger partial charge in [0.2, 0.25) is 0 Å². The van der Waals surface area contributed by atoms with Crippen LogP contribution >= 0.6 is 27.3 Å². The smallest absolute Gasteiger partial charge is 0.252 e. The second-order valence-corrected chi connectivity index (χ2v) is 6.75. The third kappa shape index (κ3) is 3.05. The van der Waals surface area contributed by atoms with Crippen LogP contribution in [-0.2, 0) is 17.8 Å². The lowest BCUT2D eigenvalue weighted by atomic mass is 10.1. The van der Waals surface area contributed by atoms with Crippen molar-refractivity contribution in [1.29, 1.82) is 0 Å². The maximum absolute atomic E-state index is 12.2. The van der Waals surface area contributed by atoms with Crippen LogP contribution in [0, 0.1) is 0 Å². The molecule has 3 aromatic rings. The first-order valence-corrected chi connectivity index (χ1v) is 8.69. The molecule has 0 unspecified atom stereocenters. The zero-order valence-electron chi connectivity index (χ0n) is 12.1. The number of amides is 1. The number of aromatic nitrogens is 1. The molecule has 0 aliphatic carbocycles. The van der Waals surface area contributed by atoms with E-state index in [0.29, 0.717) is 6.42 Å². The summed E-state index contributed by atoms with van der Waals surface area (Å²) in [4.78, 5) is 17.3. The fourth-order valence-corrected chi connectivity index (χ4v) is 4.23. The van der Waals surface area contributed by atoms with Crippen molar-refractivity contribution in [2.45, 2.75) is 19.9 Å². The Hall–Kier alpha value is -1.72. The average Bonchev–Trinajstić information content (AvgIpc) is 2.86. The maximum atomic E-state index is 12.2. The van der Waals surface area contributed by atoms with Crippen LogP contribution < -0.4 is 4.80 Å². The van der Waals surface area contributed by atoms with Gasteiger partial charge in [-0.05, 0) is 40.5 Å². The van der Waals surface area contributed by atoms with Crippen LogP contribution in [0.3, 0.4) is 0 Å². The van der Waals surface area contributed by atoms with Crippen LogP contribution in [0.1, 0.15) is 12.5 Å². The van der Waals surface area contributed by atoms with Crippen molar-refractivity contribution in [1.82, 2.24) is 4.57 Å². The standard InChI is InChI=1S/C17H15BrN2OS/c1-2-20-16-13(18)9-6-10-14(16)22-17(20)19-15(21)11-12-7-4-3-5-8-12/h3-10H,2,11H2,1H3. The third-order valence-corrected chi connectivity index (χ3v) is 5.07. The summed E-state index contributed by atoms with van der Waals surface area (Å²) < 4.78 is 4.23. The van der Waals surface area contributed by atoms with E-state index in [2.05, 4.69) is 38.5 Å². The van der Waals surface area contributed by atoms with Gasteiger partial charge in [-0.3, -0.25) is 4.79 Å². The summed E-state index contributed by atoms with van der Waals surface area (Å²) in [5, 5.41) is 0. The first-order valence-electron chi connectivity index (χ1n) is 7.08. The molecule has 0 spiro atoms. The third-order valence-electron chi connectivity index (χ3n) is 3.39. The van der Waals surface area contributed by atoms with E-state index in [4.69, 9.17) is 0 Å². The highest BCUT2D eigenvalue weighted by Crippen LogP contribution is 2.25. The quantitative estimate of drug-likeness (QED) is 0.677. The number of halogens is 1. The highest BCUT2D eigenvalue weighted by molar-refractivity contribution is 9.10. The van der Waals surface area contributed by atoms with Gasteiger partial charge >= 0.3 is 0 Å². The average molecular weight is 375 g/mol. The zero-order chi connectivity index (χ0) is 15.5. The normalized spacial score (nSPS) is 12.0. The molecule has 22 heavy (non-hydrogen) atoms. The van der Waals surface area contributed by atoms with E-state index < -0.39 is 0 Å². The molecule has 0 N–H and O–H groups in total. The van der Waals surface area contributed by atoms with Crippen LogP contribution in [0.15, 0.2) is 58.0 Å². The Labute approximate surface area is 141 Å². The maximum Gasteiger partial charge on any atom is 0.252 e. The van der Waals surface area contributed by atoms with E-state index in [1.807, 2.05) is 42.5 Å². The van der Waals surface area contributed by atoms with Gasteiger partial charge < -0.3 is 4.57 Å². The van der Waals surface area contributed by atoms with E-state index in [-0.39, 0.29) is 5.91 Å². The molecule has 0 saturated heterocycles. The van der Waals surface area contributed by atoms with Gasteiger partial charge in [0, 0.05) is 11.0 Å². The lowest BCUT2D eigenvalue weighted by Gasteiger charge is -2.02. The second-order valence-electron chi connectivity index (χ2n) is 4.88. The van der Waals surface area contributed by atoms with Crippen LogP contribution in [0.25, 0.3) is 10.2 Å². The van der Waals surface area contributed by atoms with Gasteiger partial charge in [0.05, 0.1) is 16.6 Å². The van der Waals surface area contributed by atoms with E-state index in [9.17, 15) is 4.79 Å². The lowest BCUT2D eigenvalue weighted by molar-refractivity contribution is -0.117. The van der Waals surface area contributed by atoms with Crippen LogP contribution in [0.5, 0.6) is 0 Å².